The number of carbonyl (C=O) groups is 3. The highest BCUT2D eigenvalue weighted by atomic mass is 16.5. The van der Waals surface area contributed by atoms with Crippen LogP contribution in [0.15, 0.2) is 77.0 Å². The van der Waals surface area contributed by atoms with Crippen LogP contribution in [0.2, 0.25) is 0 Å². The van der Waals surface area contributed by atoms with Crippen molar-refractivity contribution in [2.45, 2.75) is 26.9 Å². The molecule has 0 spiro atoms. The molecule has 1 aliphatic heterocycles. The standard InChI is InChI=1S/C28H25N3O5/c1-18-7-5-8-19(2)25(18)36-14-12-30-16-20(22-10-3-4-11-24(22)30)15-23-26(32)29-28(34)31(27(23)33)17-21-9-6-13-35-21/h3-11,13,15-16H,12,14,17H2,1-2H3,(H,29,32,34). The molecule has 1 saturated heterocycles. The maximum atomic E-state index is 13.1. The molecule has 0 unspecified atom stereocenters. The fourth-order valence-electron chi connectivity index (χ4n) is 4.40. The maximum absolute atomic E-state index is 13.1. The van der Waals surface area contributed by atoms with Crippen LogP contribution in [-0.4, -0.2) is 33.9 Å². The van der Waals surface area contributed by atoms with Crippen LogP contribution in [0.3, 0.4) is 0 Å². The van der Waals surface area contributed by atoms with Gasteiger partial charge in [-0.3, -0.25) is 19.8 Å². The predicted molar refractivity (Wildman–Crippen MR) is 134 cm³/mol. The van der Waals surface area contributed by atoms with Crippen molar-refractivity contribution < 1.29 is 23.5 Å². The molecule has 0 saturated carbocycles. The highest BCUT2D eigenvalue weighted by Crippen LogP contribution is 2.26. The number of furan rings is 1. The molecule has 2 aromatic heterocycles. The zero-order chi connectivity index (χ0) is 25.2. The first-order valence-corrected chi connectivity index (χ1v) is 11.6. The second-order valence-electron chi connectivity index (χ2n) is 8.65. The monoisotopic (exact) mass is 483 g/mol. The molecule has 3 heterocycles. The topological polar surface area (TPSA) is 93.8 Å². The number of hydrogen-bond acceptors (Lipinski definition) is 5. The summed E-state index contributed by atoms with van der Waals surface area (Å²) >= 11 is 0. The Bertz CT molecular complexity index is 1480. The second kappa shape index (κ2) is 9.58. The summed E-state index contributed by atoms with van der Waals surface area (Å²) in [6, 6.07) is 16.3. The van der Waals surface area contributed by atoms with Crippen molar-refractivity contribution in [3.63, 3.8) is 0 Å². The van der Waals surface area contributed by atoms with Crippen LogP contribution in [0, 0.1) is 13.8 Å². The molecule has 5 rings (SSSR count). The van der Waals surface area contributed by atoms with Crippen LogP contribution in [0.4, 0.5) is 4.79 Å². The van der Waals surface area contributed by atoms with E-state index in [4.69, 9.17) is 9.15 Å². The average molecular weight is 484 g/mol. The Morgan fingerprint density at radius 3 is 2.50 bits per heavy atom. The Morgan fingerprint density at radius 1 is 0.972 bits per heavy atom. The average Bonchev–Trinajstić information content (AvgIpc) is 3.49. The van der Waals surface area contributed by atoms with Crippen molar-refractivity contribution in [3.8, 4) is 5.75 Å². The molecule has 8 nitrogen and oxygen atoms in total. The Kier molecular flexibility index (Phi) is 6.16. The minimum absolute atomic E-state index is 0.0697. The summed E-state index contributed by atoms with van der Waals surface area (Å²) in [5.41, 5.74) is 3.68. The summed E-state index contributed by atoms with van der Waals surface area (Å²) in [5, 5.41) is 3.13. The lowest BCUT2D eigenvalue weighted by Crippen LogP contribution is -2.53. The number of imide groups is 2. The smallest absolute Gasteiger partial charge is 0.331 e. The number of amides is 4. The van der Waals surface area contributed by atoms with E-state index in [0.717, 1.165) is 32.7 Å². The normalized spacial score (nSPS) is 15.1. The van der Waals surface area contributed by atoms with Gasteiger partial charge in [-0.25, -0.2) is 4.79 Å². The summed E-state index contributed by atoms with van der Waals surface area (Å²) in [5.74, 6) is -0.0824. The fourth-order valence-corrected chi connectivity index (χ4v) is 4.40. The van der Waals surface area contributed by atoms with E-state index in [9.17, 15) is 14.4 Å². The first-order chi connectivity index (χ1) is 17.4. The van der Waals surface area contributed by atoms with Crippen molar-refractivity contribution in [2.24, 2.45) is 0 Å². The molecule has 4 amide bonds. The van der Waals surface area contributed by atoms with E-state index in [0.29, 0.717) is 24.5 Å². The van der Waals surface area contributed by atoms with E-state index in [1.807, 2.05) is 67.1 Å². The molecule has 36 heavy (non-hydrogen) atoms. The fraction of sp³-hybridized carbons (Fsp3) is 0.179. The van der Waals surface area contributed by atoms with Crippen molar-refractivity contribution in [1.29, 1.82) is 0 Å². The molecule has 2 aromatic carbocycles. The molecule has 1 N–H and O–H groups in total. The van der Waals surface area contributed by atoms with Gasteiger partial charge in [-0.05, 0) is 49.2 Å². The van der Waals surface area contributed by atoms with E-state index in [-0.39, 0.29) is 12.1 Å². The third-order valence-electron chi connectivity index (χ3n) is 6.19. The maximum Gasteiger partial charge on any atom is 0.331 e. The summed E-state index contributed by atoms with van der Waals surface area (Å²) < 4.78 is 13.4. The van der Waals surface area contributed by atoms with Gasteiger partial charge in [-0.1, -0.05) is 36.4 Å². The molecule has 8 heteroatoms. The SMILES string of the molecule is Cc1cccc(C)c1OCCn1cc(C=C2C(=O)NC(=O)N(Cc3ccco3)C2=O)c2ccccc21. The molecule has 0 bridgehead atoms. The number of fused-ring (bicyclic) bond motifs is 1. The zero-order valence-corrected chi connectivity index (χ0v) is 20.0. The van der Waals surface area contributed by atoms with Gasteiger partial charge in [0, 0.05) is 22.7 Å². The van der Waals surface area contributed by atoms with E-state index >= 15 is 0 Å². The molecule has 4 aromatic rings. The number of aromatic nitrogens is 1. The molecule has 182 valence electrons. The Labute approximate surface area is 207 Å². The van der Waals surface area contributed by atoms with Crippen molar-refractivity contribution in [1.82, 2.24) is 14.8 Å². The van der Waals surface area contributed by atoms with Crippen molar-refractivity contribution >= 4 is 34.8 Å². The third-order valence-corrected chi connectivity index (χ3v) is 6.19. The first-order valence-electron chi connectivity index (χ1n) is 11.6. The number of nitrogens with one attached hydrogen (secondary N) is 1. The lowest BCUT2D eigenvalue weighted by Gasteiger charge is -2.25. The number of ether oxygens (including phenoxy) is 1. The van der Waals surface area contributed by atoms with Gasteiger partial charge < -0.3 is 13.7 Å². The van der Waals surface area contributed by atoms with Crippen LogP contribution in [0.1, 0.15) is 22.5 Å². The van der Waals surface area contributed by atoms with Gasteiger partial charge in [0.05, 0.1) is 19.4 Å². The van der Waals surface area contributed by atoms with Gasteiger partial charge in [-0.15, -0.1) is 0 Å². The minimum atomic E-state index is -0.773. The number of nitrogens with zero attached hydrogens (tertiary/aromatic N) is 2. The quantitative estimate of drug-likeness (QED) is 0.307. The number of para-hydroxylation sites is 2. The molecule has 1 aliphatic rings. The summed E-state index contributed by atoms with van der Waals surface area (Å²) in [6.45, 7) is 4.99. The number of aryl methyl sites for hydroxylation is 2. The third kappa shape index (κ3) is 4.40. The number of benzene rings is 2. The van der Waals surface area contributed by atoms with Gasteiger partial charge >= 0.3 is 6.03 Å². The highest BCUT2D eigenvalue weighted by molar-refractivity contribution is 6.31. The zero-order valence-electron chi connectivity index (χ0n) is 20.0. The molecule has 0 radical (unpaired) electrons. The van der Waals surface area contributed by atoms with Crippen molar-refractivity contribution in [3.05, 3.63) is 95.1 Å². The molecule has 0 atom stereocenters. The number of rotatable bonds is 7. The summed E-state index contributed by atoms with van der Waals surface area (Å²) in [6.07, 6.45) is 4.88. The molecular weight excluding hydrogens is 458 g/mol. The lowest BCUT2D eigenvalue weighted by atomic mass is 10.1. The summed E-state index contributed by atoms with van der Waals surface area (Å²) in [4.78, 5) is 39.0. The van der Waals surface area contributed by atoms with Gasteiger partial charge in [0.15, 0.2) is 0 Å². The van der Waals surface area contributed by atoms with Gasteiger partial charge in [0.25, 0.3) is 11.8 Å². The van der Waals surface area contributed by atoms with E-state index in [1.165, 1.54) is 12.3 Å². The largest absolute Gasteiger partial charge is 0.491 e. The van der Waals surface area contributed by atoms with Crippen LogP contribution in [-0.2, 0) is 22.7 Å². The molecule has 0 aliphatic carbocycles. The highest BCUT2D eigenvalue weighted by Gasteiger charge is 2.36. The van der Waals surface area contributed by atoms with E-state index in [1.54, 1.807) is 12.1 Å². The van der Waals surface area contributed by atoms with Gasteiger partial charge in [-0.2, -0.15) is 0 Å². The first kappa shape index (κ1) is 23.2. The lowest BCUT2D eigenvalue weighted by molar-refractivity contribution is -0.130. The predicted octanol–water partition coefficient (Wildman–Crippen LogP) is 4.59. The number of hydrogen-bond donors (Lipinski definition) is 1. The van der Waals surface area contributed by atoms with Crippen LogP contribution < -0.4 is 10.1 Å². The van der Waals surface area contributed by atoms with E-state index < -0.39 is 17.8 Å². The van der Waals surface area contributed by atoms with Crippen molar-refractivity contribution in [2.75, 3.05) is 6.61 Å². The molecular formula is C28H25N3O5. The summed E-state index contributed by atoms with van der Waals surface area (Å²) in [7, 11) is 0. The van der Waals surface area contributed by atoms with Gasteiger partial charge in [0.2, 0.25) is 0 Å². The van der Waals surface area contributed by atoms with Gasteiger partial charge in [0.1, 0.15) is 23.7 Å². The van der Waals surface area contributed by atoms with Crippen LogP contribution in [0.25, 0.3) is 17.0 Å². The number of barbiturate groups is 1. The Hall–Kier alpha value is -4.59. The second-order valence-corrected chi connectivity index (χ2v) is 8.65. The van der Waals surface area contributed by atoms with E-state index in [2.05, 4.69) is 5.32 Å². The minimum Gasteiger partial charge on any atom is -0.491 e. The number of urea groups is 1. The Morgan fingerprint density at radius 2 is 1.75 bits per heavy atom. The van der Waals surface area contributed by atoms with Crippen LogP contribution in [0.5, 0.6) is 5.75 Å². The van der Waals surface area contributed by atoms with Crippen LogP contribution >= 0.6 is 0 Å². The number of carbonyl (C=O) groups excluding carboxylic acids is 3. The Balaban J connectivity index is 1.42. The molecule has 1 fully saturated rings.